The van der Waals surface area contributed by atoms with E-state index in [1.54, 1.807) is 24.3 Å². The van der Waals surface area contributed by atoms with Crippen LogP contribution in [-0.2, 0) is 52.9 Å². The topological polar surface area (TPSA) is 359 Å². The number of hydrogen-bond acceptors (Lipinski definition) is 14. The second-order valence-corrected chi connectivity index (χ2v) is 16.4. The first-order valence-electron chi connectivity index (χ1n) is 21.2. The molecule has 13 N–H and O–H groups in total. The average Bonchev–Trinajstić information content (AvgIpc) is 3.77. The van der Waals surface area contributed by atoms with Crippen molar-refractivity contribution in [2.24, 2.45) is 11.7 Å². The van der Waals surface area contributed by atoms with Crippen LogP contribution in [0.5, 0.6) is 11.5 Å². The molecule has 0 saturated carbocycles. The molecule has 0 unspecified atom stereocenters. The second kappa shape index (κ2) is 24.1. The lowest BCUT2D eigenvalue weighted by Gasteiger charge is -2.30. The Labute approximate surface area is 379 Å². The molecule has 1 fully saturated rings. The summed E-state index contributed by atoms with van der Waals surface area (Å²) in [5.74, 6) is -7.22. The maximum absolute atomic E-state index is 14.1. The SMILES string of the molecule is CC(C)C[C@H](NCc1ccccc1N)C(=O)N[C@@H](Cc1ccc(O)cc1)C(=O)N[C@@H](CO)C(=O)N1CCC[C@H]1C(=O)N[C@@H](Cc1ccc(O)c([N+](=O)[O-])c1)C(=O)N[C@@H](CCC(=O)O)C(N)=O. The van der Waals surface area contributed by atoms with Crippen molar-refractivity contribution in [2.45, 2.75) is 102 Å². The van der Waals surface area contributed by atoms with Crippen LogP contribution in [0.3, 0.4) is 0 Å². The van der Waals surface area contributed by atoms with E-state index in [1.807, 2.05) is 26.0 Å². The number of aliphatic hydroxyl groups is 1. The Kier molecular flexibility index (Phi) is 18.7. The molecule has 1 aliphatic heterocycles. The van der Waals surface area contributed by atoms with E-state index in [0.717, 1.165) is 22.6 Å². The highest BCUT2D eigenvalue weighted by atomic mass is 16.6. The summed E-state index contributed by atoms with van der Waals surface area (Å²) in [6.45, 7) is 3.13. The number of likely N-dealkylation sites (tertiary alicyclic amines) is 1. The number of aromatic hydroxyl groups is 2. The number of nitro benzene ring substituents is 1. The number of nitro groups is 1. The maximum atomic E-state index is 14.1. The van der Waals surface area contributed by atoms with Crippen molar-refractivity contribution in [3.05, 3.63) is 93.5 Å². The molecule has 6 amide bonds. The predicted octanol–water partition coefficient (Wildman–Crippen LogP) is -0.149. The van der Waals surface area contributed by atoms with Crippen LogP contribution in [0.4, 0.5) is 11.4 Å². The fourth-order valence-corrected chi connectivity index (χ4v) is 7.37. The van der Waals surface area contributed by atoms with Gasteiger partial charge in [0.15, 0.2) is 5.75 Å². The molecule has 66 heavy (non-hydrogen) atoms. The summed E-state index contributed by atoms with van der Waals surface area (Å²) in [7, 11) is 0. The van der Waals surface area contributed by atoms with E-state index >= 15 is 0 Å². The van der Waals surface area contributed by atoms with Crippen molar-refractivity contribution >= 4 is 52.8 Å². The quantitative estimate of drug-likeness (QED) is 0.0316. The number of phenolic OH excluding ortho intramolecular Hbond substituents is 2. The van der Waals surface area contributed by atoms with Crippen LogP contribution < -0.4 is 38.1 Å². The fourth-order valence-electron chi connectivity index (χ4n) is 7.37. The molecule has 22 nitrogen and oxygen atoms in total. The van der Waals surface area contributed by atoms with E-state index in [1.165, 1.54) is 18.2 Å². The number of nitrogen functional groups attached to an aromatic ring is 1. The van der Waals surface area contributed by atoms with Gasteiger partial charge in [-0.25, -0.2) is 0 Å². The van der Waals surface area contributed by atoms with Crippen LogP contribution in [-0.4, -0.2) is 121 Å². The number of para-hydroxylation sites is 1. The van der Waals surface area contributed by atoms with Crippen LogP contribution in [0.1, 0.15) is 62.6 Å². The molecule has 1 saturated heterocycles. The summed E-state index contributed by atoms with van der Waals surface area (Å²) in [5.41, 5.74) is 12.7. The lowest BCUT2D eigenvalue weighted by atomic mass is 10.0. The summed E-state index contributed by atoms with van der Waals surface area (Å²) >= 11 is 0. The molecule has 6 atom stereocenters. The minimum Gasteiger partial charge on any atom is -0.508 e. The van der Waals surface area contributed by atoms with Crippen molar-refractivity contribution in [3.8, 4) is 11.5 Å². The third kappa shape index (κ3) is 14.9. The van der Waals surface area contributed by atoms with Gasteiger partial charge < -0.3 is 63.4 Å². The van der Waals surface area contributed by atoms with E-state index in [2.05, 4.69) is 26.6 Å². The third-order valence-electron chi connectivity index (χ3n) is 10.9. The molecule has 4 rings (SSSR count). The minimum atomic E-state index is -1.63. The number of carbonyl (C=O) groups excluding carboxylic acids is 6. The second-order valence-electron chi connectivity index (χ2n) is 16.4. The molecule has 0 aromatic heterocycles. The summed E-state index contributed by atoms with van der Waals surface area (Å²) in [5, 5.41) is 64.3. The van der Waals surface area contributed by atoms with Gasteiger partial charge in [-0.15, -0.1) is 0 Å². The van der Waals surface area contributed by atoms with Crippen molar-refractivity contribution in [1.29, 1.82) is 0 Å². The number of aliphatic hydroxyl groups excluding tert-OH is 1. The Hall–Kier alpha value is -7.33. The Morgan fingerprint density at radius 1 is 0.818 bits per heavy atom. The number of carboxylic acids is 1. The van der Waals surface area contributed by atoms with Crippen molar-refractivity contribution in [3.63, 3.8) is 0 Å². The number of anilines is 1. The van der Waals surface area contributed by atoms with Crippen molar-refractivity contribution in [2.75, 3.05) is 18.9 Å². The number of aliphatic carboxylic acids is 1. The number of primary amides is 1. The molecular weight excluding hydrogens is 863 g/mol. The number of phenols is 2. The first-order valence-corrected chi connectivity index (χ1v) is 21.2. The van der Waals surface area contributed by atoms with E-state index in [9.17, 15) is 59.0 Å². The maximum Gasteiger partial charge on any atom is 0.310 e. The van der Waals surface area contributed by atoms with E-state index in [-0.39, 0.29) is 49.6 Å². The van der Waals surface area contributed by atoms with Crippen molar-refractivity contribution in [1.82, 2.24) is 31.5 Å². The highest BCUT2D eigenvalue weighted by Gasteiger charge is 2.40. The van der Waals surface area contributed by atoms with Crippen LogP contribution in [0.15, 0.2) is 66.7 Å². The average molecular weight is 920 g/mol. The summed E-state index contributed by atoms with van der Waals surface area (Å²) < 4.78 is 0. The highest BCUT2D eigenvalue weighted by Crippen LogP contribution is 2.27. The normalized spacial score (nSPS) is 15.7. The Bertz CT molecular complexity index is 2240. The fraction of sp³-hybridized carbons (Fsp3) is 0.432. The van der Waals surface area contributed by atoms with Crippen LogP contribution in [0, 0.1) is 16.0 Å². The van der Waals surface area contributed by atoms with Gasteiger partial charge in [-0.2, -0.15) is 0 Å². The van der Waals surface area contributed by atoms with Gasteiger partial charge in [0.1, 0.15) is 36.0 Å². The first kappa shape index (κ1) is 51.3. The zero-order valence-corrected chi connectivity index (χ0v) is 36.5. The van der Waals surface area contributed by atoms with E-state index in [4.69, 9.17) is 16.6 Å². The van der Waals surface area contributed by atoms with E-state index < -0.39 is 120 Å². The number of carbonyl (C=O) groups is 7. The molecule has 0 spiro atoms. The van der Waals surface area contributed by atoms with Gasteiger partial charge in [-0.3, -0.25) is 43.7 Å². The van der Waals surface area contributed by atoms with E-state index in [0.29, 0.717) is 17.7 Å². The molecule has 1 aliphatic rings. The number of carboxylic acid groups (broad SMARTS) is 1. The molecular formula is C44H57N9O13. The lowest BCUT2D eigenvalue weighted by molar-refractivity contribution is -0.385. The molecule has 22 heteroatoms. The predicted molar refractivity (Wildman–Crippen MR) is 237 cm³/mol. The minimum absolute atomic E-state index is 0.0224. The number of nitrogens with two attached hydrogens (primary N) is 2. The number of hydrogen-bond donors (Lipinski definition) is 11. The molecule has 3 aromatic rings. The zero-order chi connectivity index (χ0) is 48.7. The first-order chi connectivity index (χ1) is 31.3. The third-order valence-corrected chi connectivity index (χ3v) is 10.9. The van der Waals surface area contributed by atoms with Gasteiger partial charge in [0.05, 0.1) is 17.6 Å². The van der Waals surface area contributed by atoms with Gasteiger partial charge in [0, 0.05) is 44.1 Å². The smallest absolute Gasteiger partial charge is 0.310 e. The largest absolute Gasteiger partial charge is 0.508 e. The Morgan fingerprint density at radius 3 is 2.02 bits per heavy atom. The van der Waals surface area contributed by atoms with Crippen LogP contribution in [0.2, 0.25) is 0 Å². The summed E-state index contributed by atoms with van der Waals surface area (Å²) in [4.78, 5) is 105. The molecule has 0 radical (unpaired) electrons. The Balaban J connectivity index is 1.55. The van der Waals surface area contributed by atoms with Gasteiger partial charge >= 0.3 is 11.7 Å². The zero-order valence-electron chi connectivity index (χ0n) is 36.5. The van der Waals surface area contributed by atoms with Gasteiger partial charge in [-0.05, 0) is 72.6 Å². The summed E-state index contributed by atoms with van der Waals surface area (Å²) in [6, 6.07) is 8.16. The number of benzene rings is 3. The highest BCUT2D eigenvalue weighted by molar-refractivity contribution is 5.97. The molecule has 0 aliphatic carbocycles. The van der Waals surface area contributed by atoms with Gasteiger partial charge in [-0.1, -0.05) is 50.2 Å². The van der Waals surface area contributed by atoms with Crippen LogP contribution in [0.25, 0.3) is 0 Å². The standard InChI is InChI=1S/C44H57N9O13/c1-24(2)18-31(47-22-27-6-3-4-7-29(27)45)40(60)49-32(19-25-9-12-28(55)13-10-25)42(62)51-34(23-54)44(64)52-17-5-8-35(52)43(63)50-33(20-26-11-15-37(56)36(21-26)53(65)66)41(61)48-30(39(46)59)14-16-38(57)58/h3-4,6-7,9-13,15,21,24,30-35,47,54-56H,5,8,14,16-20,22-23,45H2,1-2H3,(H2,46,59)(H,48,61)(H,49,60)(H,50,63)(H,51,62)(H,57,58)/t30-,31-,32-,33-,34-,35-/m0/s1. The van der Waals surface area contributed by atoms with Crippen molar-refractivity contribution < 1.29 is 58.9 Å². The summed E-state index contributed by atoms with van der Waals surface area (Å²) in [6.07, 6.45) is -0.796. The number of amides is 6. The molecule has 356 valence electrons. The Morgan fingerprint density at radius 2 is 1.41 bits per heavy atom. The molecule has 0 bridgehead atoms. The number of nitrogens with zero attached hydrogens (tertiary/aromatic N) is 2. The van der Waals surface area contributed by atoms with Crippen LogP contribution >= 0.6 is 0 Å². The lowest BCUT2D eigenvalue weighted by Crippen LogP contribution is -2.60. The molecule has 3 aromatic carbocycles. The van der Waals surface area contributed by atoms with Gasteiger partial charge in [0.2, 0.25) is 35.4 Å². The van der Waals surface area contributed by atoms with Gasteiger partial charge in [0.25, 0.3) is 0 Å². The number of nitrogens with one attached hydrogen (secondary N) is 5. The number of rotatable bonds is 24. The molecule has 1 heterocycles. The monoisotopic (exact) mass is 919 g/mol.